The van der Waals surface area contributed by atoms with Crippen molar-refractivity contribution in [2.45, 2.75) is 12.8 Å². The van der Waals surface area contributed by atoms with E-state index in [0.29, 0.717) is 6.79 Å². The third kappa shape index (κ3) is 2.12. The Kier molecular flexibility index (Phi) is 2.81. The van der Waals surface area contributed by atoms with E-state index >= 15 is 0 Å². The molecule has 102 valence electrons. The molecule has 0 atom stereocenters. The Labute approximate surface area is 120 Å². The summed E-state index contributed by atoms with van der Waals surface area (Å²) in [6, 6.07) is 5.89. The van der Waals surface area contributed by atoms with E-state index < -0.39 is 0 Å². The Morgan fingerprint density at radius 3 is 3.05 bits per heavy atom. The molecule has 4 rings (SSSR count). The highest BCUT2D eigenvalue weighted by atomic mass is 32.1. The number of hydrogen-bond donors (Lipinski definition) is 1. The smallest absolute Gasteiger partial charge is 0.231 e. The molecule has 0 unspecified atom stereocenters. The molecule has 0 amide bonds. The topological polar surface area (TPSA) is 55.7 Å². The number of benzene rings is 1. The maximum atomic E-state index is 5.39. The van der Waals surface area contributed by atoms with Crippen molar-refractivity contribution in [1.29, 1.82) is 0 Å². The lowest BCUT2D eigenvalue weighted by molar-refractivity contribution is 0.174. The maximum Gasteiger partial charge on any atom is 0.231 e. The van der Waals surface area contributed by atoms with Crippen LogP contribution in [-0.2, 0) is 0 Å². The van der Waals surface area contributed by atoms with E-state index in [0.717, 1.165) is 53.1 Å². The second kappa shape index (κ2) is 4.79. The zero-order valence-corrected chi connectivity index (χ0v) is 11.6. The van der Waals surface area contributed by atoms with Crippen LogP contribution >= 0.6 is 11.3 Å². The molecule has 0 aliphatic carbocycles. The van der Waals surface area contributed by atoms with E-state index in [1.54, 1.807) is 11.3 Å². The first-order valence-electron chi connectivity index (χ1n) is 6.54. The first-order chi connectivity index (χ1) is 9.88. The van der Waals surface area contributed by atoms with E-state index in [1.807, 2.05) is 23.6 Å². The van der Waals surface area contributed by atoms with Crippen LogP contribution in [0.1, 0.15) is 12.8 Å². The lowest BCUT2D eigenvalue weighted by Gasteiger charge is -2.01. The van der Waals surface area contributed by atoms with Gasteiger partial charge in [0.1, 0.15) is 5.84 Å². The summed E-state index contributed by atoms with van der Waals surface area (Å²) >= 11 is 1.59. The van der Waals surface area contributed by atoms with Gasteiger partial charge in [-0.2, -0.15) is 0 Å². The number of aliphatic imine (C=N–C) groups is 1. The number of anilines is 1. The monoisotopic (exact) mass is 287 g/mol. The van der Waals surface area contributed by atoms with Gasteiger partial charge in [0, 0.05) is 23.9 Å². The molecular weight excluding hydrogens is 274 g/mol. The number of amidine groups is 1. The van der Waals surface area contributed by atoms with Crippen LogP contribution in [0.2, 0.25) is 0 Å². The molecule has 0 bridgehead atoms. The van der Waals surface area contributed by atoms with Crippen LogP contribution in [0.4, 0.5) is 5.13 Å². The summed E-state index contributed by atoms with van der Waals surface area (Å²) in [4.78, 5) is 9.00. The van der Waals surface area contributed by atoms with Crippen molar-refractivity contribution in [2.24, 2.45) is 4.99 Å². The fourth-order valence-corrected chi connectivity index (χ4v) is 3.02. The predicted molar refractivity (Wildman–Crippen MR) is 78.8 cm³/mol. The molecular formula is C14H13N3O2S. The third-order valence-electron chi connectivity index (χ3n) is 3.30. The quantitative estimate of drug-likeness (QED) is 0.922. The Hall–Kier alpha value is -2.08. The minimum absolute atomic E-state index is 0.294. The van der Waals surface area contributed by atoms with Crippen molar-refractivity contribution in [2.75, 3.05) is 18.7 Å². The van der Waals surface area contributed by atoms with Crippen LogP contribution in [0.25, 0.3) is 11.3 Å². The van der Waals surface area contributed by atoms with E-state index in [9.17, 15) is 0 Å². The van der Waals surface area contributed by atoms with Crippen molar-refractivity contribution in [3.05, 3.63) is 23.6 Å². The van der Waals surface area contributed by atoms with Crippen LogP contribution in [0.15, 0.2) is 28.6 Å². The van der Waals surface area contributed by atoms with E-state index in [-0.39, 0.29) is 0 Å². The van der Waals surface area contributed by atoms with E-state index in [2.05, 4.69) is 15.3 Å². The van der Waals surface area contributed by atoms with Crippen LogP contribution in [0.5, 0.6) is 11.5 Å². The molecule has 0 radical (unpaired) electrons. The van der Waals surface area contributed by atoms with Gasteiger partial charge in [0.05, 0.1) is 5.69 Å². The highest BCUT2D eigenvalue weighted by Crippen LogP contribution is 2.36. The van der Waals surface area contributed by atoms with Gasteiger partial charge in [0.15, 0.2) is 16.6 Å². The summed E-state index contributed by atoms with van der Waals surface area (Å²) in [7, 11) is 0. The summed E-state index contributed by atoms with van der Waals surface area (Å²) in [5.74, 6) is 2.62. The molecule has 3 heterocycles. The van der Waals surface area contributed by atoms with Crippen LogP contribution < -0.4 is 14.8 Å². The minimum atomic E-state index is 0.294. The van der Waals surface area contributed by atoms with Crippen LogP contribution in [0.3, 0.4) is 0 Å². The Bertz CT molecular complexity index is 681. The molecule has 20 heavy (non-hydrogen) atoms. The molecule has 2 aromatic rings. The summed E-state index contributed by atoms with van der Waals surface area (Å²) < 4.78 is 10.7. The number of aromatic nitrogens is 1. The zero-order valence-electron chi connectivity index (χ0n) is 10.8. The van der Waals surface area contributed by atoms with Gasteiger partial charge in [-0.25, -0.2) is 4.98 Å². The Balaban J connectivity index is 1.58. The summed E-state index contributed by atoms with van der Waals surface area (Å²) in [5.41, 5.74) is 1.97. The molecule has 0 saturated heterocycles. The fourth-order valence-electron chi connectivity index (χ4n) is 2.28. The average molecular weight is 287 g/mol. The number of nitrogens with one attached hydrogen (secondary N) is 1. The van der Waals surface area contributed by atoms with Gasteiger partial charge in [0.25, 0.3) is 0 Å². The van der Waals surface area contributed by atoms with Gasteiger partial charge >= 0.3 is 0 Å². The van der Waals surface area contributed by atoms with Crippen molar-refractivity contribution in [1.82, 2.24) is 4.98 Å². The molecule has 0 saturated carbocycles. The number of hydrogen-bond acceptors (Lipinski definition) is 6. The van der Waals surface area contributed by atoms with Crippen LogP contribution in [-0.4, -0.2) is 24.2 Å². The fraction of sp³-hybridized carbons (Fsp3) is 0.286. The molecule has 1 aromatic carbocycles. The molecule has 2 aliphatic heterocycles. The second-order valence-corrected chi connectivity index (χ2v) is 5.52. The maximum absolute atomic E-state index is 5.39. The Morgan fingerprint density at radius 1 is 1.20 bits per heavy atom. The van der Waals surface area contributed by atoms with Crippen LogP contribution in [0, 0.1) is 0 Å². The normalized spacial score (nSPS) is 16.3. The number of rotatable bonds is 2. The predicted octanol–water partition coefficient (Wildman–Crippen LogP) is 3.14. The van der Waals surface area contributed by atoms with Crippen molar-refractivity contribution in [3.63, 3.8) is 0 Å². The molecule has 6 heteroatoms. The summed E-state index contributed by atoms with van der Waals surface area (Å²) in [5, 5.41) is 6.21. The zero-order chi connectivity index (χ0) is 13.4. The average Bonchev–Trinajstić information content (AvgIpc) is 3.19. The molecule has 0 fully saturated rings. The van der Waals surface area contributed by atoms with E-state index in [4.69, 9.17) is 9.47 Å². The van der Waals surface area contributed by atoms with Gasteiger partial charge in [-0.15, -0.1) is 11.3 Å². The molecule has 2 aliphatic rings. The lowest BCUT2D eigenvalue weighted by atomic mass is 10.1. The van der Waals surface area contributed by atoms with E-state index in [1.165, 1.54) is 0 Å². The molecule has 0 spiro atoms. The van der Waals surface area contributed by atoms with Crippen molar-refractivity contribution in [3.8, 4) is 22.8 Å². The summed E-state index contributed by atoms with van der Waals surface area (Å²) in [6.07, 6.45) is 2.14. The van der Waals surface area contributed by atoms with Gasteiger partial charge in [-0.1, -0.05) is 0 Å². The largest absolute Gasteiger partial charge is 0.454 e. The number of nitrogens with zero attached hydrogens (tertiary/aromatic N) is 2. The standard InChI is InChI=1S/C14H13N3O2S/c1-2-13(15-5-1)17-14-16-10(7-20-14)9-3-4-11-12(6-9)19-8-18-11/h3-4,6-7H,1-2,5,8H2,(H,15,16,17). The van der Waals surface area contributed by atoms with Gasteiger partial charge < -0.3 is 14.8 Å². The first-order valence-corrected chi connectivity index (χ1v) is 7.42. The number of fused-ring (bicyclic) bond motifs is 1. The Morgan fingerprint density at radius 2 is 2.15 bits per heavy atom. The second-order valence-electron chi connectivity index (χ2n) is 4.66. The molecule has 5 nitrogen and oxygen atoms in total. The number of ether oxygens (including phenoxy) is 2. The first kappa shape index (κ1) is 11.7. The highest BCUT2D eigenvalue weighted by molar-refractivity contribution is 7.14. The third-order valence-corrected chi connectivity index (χ3v) is 4.06. The van der Waals surface area contributed by atoms with Gasteiger partial charge in [0.2, 0.25) is 6.79 Å². The lowest BCUT2D eigenvalue weighted by Crippen LogP contribution is -2.07. The van der Waals surface area contributed by atoms with Crippen molar-refractivity contribution < 1.29 is 9.47 Å². The van der Waals surface area contributed by atoms with Gasteiger partial charge in [-0.05, 0) is 24.6 Å². The van der Waals surface area contributed by atoms with Crippen molar-refractivity contribution >= 4 is 22.3 Å². The molecule has 1 aromatic heterocycles. The minimum Gasteiger partial charge on any atom is -0.454 e. The summed E-state index contributed by atoms with van der Waals surface area (Å²) in [6.45, 7) is 1.21. The van der Waals surface area contributed by atoms with Gasteiger partial charge in [-0.3, -0.25) is 4.99 Å². The SMILES string of the molecule is c1cc2c(cc1-c1csc(NC3=NCCC3)n1)OCO2. The number of thiazole rings is 1. The molecule has 1 N–H and O–H groups in total. The highest BCUT2D eigenvalue weighted by Gasteiger charge is 2.15.